The number of hydrogen-bond donors (Lipinski definition) is 2. The van der Waals surface area contributed by atoms with Crippen LogP contribution in [-0.4, -0.2) is 23.0 Å². The molecule has 5 heteroatoms. The van der Waals surface area contributed by atoms with Crippen molar-refractivity contribution in [2.75, 3.05) is 0 Å². The van der Waals surface area contributed by atoms with Gasteiger partial charge in [-0.1, -0.05) is 20.8 Å². The van der Waals surface area contributed by atoms with Crippen molar-refractivity contribution in [1.82, 2.24) is 5.32 Å². The number of carbonyl (C=O) groups excluding carboxylic acids is 1. The fourth-order valence-corrected chi connectivity index (χ4v) is 2.46. The van der Waals surface area contributed by atoms with Gasteiger partial charge in [0, 0.05) is 4.88 Å². The normalized spacial score (nSPS) is 12.4. The molecule has 0 radical (unpaired) electrons. The van der Waals surface area contributed by atoms with Gasteiger partial charge in [-0.2, -0.15) is 0 Å². The molecule has 0 aliphatic carbocycles. The van der Waals surface area contributed by atoms with Crippen LogP contribution in [0.5, 0.6) is 0 Å². The molecule has 1 aromatic rings. The van der Waals surface area contributed by atoms with Crippen LogP contribution in [0, 0.1) is 5.92 Å². The number of carboxylic acid groups (broad SMARTS) is 1. The highest BCUT2D eigenvalue weighted by atomic mass is 32.1. The second-order valence-electron chi connectivity index (χ2n) is 4.61. The van der Waals surface area contributed by atoms with Crippen LogP contribution in [0.4, 0.5) is 0 Å². The molecule has 2 N–H and O–H groups in total. The summed E-state index contributed by atoms with van der Waals surface area (Å²) in [6.07, 6.45) is 1.32. The highest BCUT2D eigenvalue weighted by Crippen LogP contribution is 2.17. The van der Waals surface area contributed by atoms with Crippen LogP contribution in [0.25, 0.3) is 0 Å². The van der Waals surface area contributed by atoms with E-state index < -0.39 is 12.0 Å². The van der Waals surface area contributed by atoms with E-state index in [1.54, 1.807) is 6.07 Å². The average molecular weight is 269 g/mol. The molecule has 0 unspecified atom stereocenters. The molecule has 1 aromatic heterocycles. The van der Waals surface area contributed by atoms with Gasteiger partial charge >= 0.3 is 5.97 Å². The second-order valence-corrected chi connectivity index (χ2v) is 5.78. The first kappa shape index (κ1) is 14.7. The number of carbonyl (C=O) groups is 2. The lowest BCUT2D eigenvalue weighted by Gasteiger charge is -2.15. The largest absolute Gasteiger partial charge is 0.480 e. The van der Waals surface area contributed by atoms with Crippen molar-refractivity contribution >= 4 is 23.2 Å². The van der Waals surface area contributed by atoms with Crippen molar-refractivity contribution < 1.29 is 14.7 Å². The van der Waals surface area contributed by atoms with E-state index in [1.165, 1.54) is 11.3 Å². The number of amides is 1. The quantitative estimate of drug-likeness (QED) is 0.834. The molecular formula is C13H19NO3S. The molecule has 0 aliphatic rings. The molecule has 4 nitrogen and oxygen atoms in total. The van der Waals surface area contributed by atoms with Gasteiger partial charge in [0.05, 0.1) is 4.88 Å². The summed E-state index contributed by atoms with van der Waals surface area (Å²) in [7, 11) is 0. The Bertz CT molecular complexity index is 426. The predicted octanol–water partition coefficient (Wildman–Crippen LogP) is 2.54. The lowest BCUT2D eigenvalue weighted by Crippen LogP contribution is -2.41. The lowest BCUT2D eigenvalue weighted by molar-refractivity contribution is -0.139. The van der Waals surface area contributed by atoms with Crippen LogP contribution in [0.1, 0.15) is 41.7 Å². The molecule has 0 saturated heterocycles. The van der Waals surface area contributed by atoms with Crippen molar-refractivity contribution in [3.8, 4) is 0 Å². The zero-order chi connectivity index (χ0) is 13.7. The van der Waals surface area contributed by atoms with Gasteiger partial charge in [-0.25, -0.2) is 4.79 Å². The molecule has 1 heterocycles. The van der Waals surface area contributed by atoms with E-state index in [4.69, 9.17) is 5.11 Å². The fourth-order valence-electron chi connectivity index (χ4n) is 1.61. The Balaban J connectivity index is 2.69. The van der Waals surface area contributed by atoms with Crippen molar-refractivity contribution in [3.63, 3.8) is 0 Å². The van der Waals surface area contributed by atoms with Crippen LogP contribution >= 0.6 is 11.3 Å². The SMILES string of the molecule is CCc1ccc(C(=O)N[C@@H](CC(C)C)C(=O)O)s1. The van der Waals surface area contributed by atoms with E-state index in [9.17, 15) is 9.59 Å². The van der Waals surface area contributed by atoms with E-state index in [0.717, 1.165) is 11.3 Å². The molecule has 1 atom stereocenters. The molecule has 0 saturated carbocycles. The highest BCUT2D eigenvalue weighted by Gasteiger charge is 2.22. The standard InChI is InChI=1S/C13H19NO3S/c1-4-9-5-6-11(18-9)12(15)14-10(13(16)17)7-8(2)3/h5-6,8,10H,4,7H2,1-3H3,(H,14,15)(H,16,17)/t10-/m0/s1. The number of aliphatic carboxylic acids is 1. The first-order chi connectivity index (χ1) is 8.43. The van der Waals surface area contributed by atoms with E-state index in [2.05, 4.69) is 5.32 Å². The zero-order valence-corrected chi connectivity index (χ0v) is 11.7. The van der Waals surface area contributed by atoms with Crippen molar-refractivity contribution in [2.45, 2.75) is 39.7 Å². The van der Waals surface area contributed by atoms with E-state index in [1.807, 2.05) is 26.8 Å². The Labute approximate surface area is 111 Å². The number of rotatable bonds is 6. The first-order valence-corrected chi connectivity index (χ1v) is 6.88. The molecule has 1 rings (SSSR count). The lowest BCUT2D eigenvalue weighted by atomic mass is 10.0. The maximum atomic E-state index is 11.9. The molecule has 0 spiro atoms. The molecule has 0 fully saturated rings. The molecule has 18 heavy (non-hydrogen) atoms. The third kappa shape index (κ3) is 4.14. The van der Waals surface area contributed by atoms with Gasteiger partial charge in [-0.15, -0.1) is 11.3 Å². The molecule has 0 aromatic carbocycles. The van der Waals surface area contributed by atoms with Gasteiger partial charge in [-0.3, -0.25) is 4.79 Å². The van der Waals surface area contributed by atoms with E-state index >= 15 is 0 Å². The van der Waals surface area contributed by atoms with Gasteiger partial charge in [0.2, 0.25) is 0 Å². The van der Waals surface area contributed by atoms with Crippen molar-refractivity contribution in [3.05, 3.63) is 21.9 Å². The molecule has 100 valence electrons. The summed E-state index contributed by atoms with van der Waals surface area (Å²) in [6.45, 7) is 5.89. The molecule has 1 amide bonds. The topological polar surface area (TPSA) is 66.4 Å². The summed E-state index contributed by atoms with van der Waals surface area (Å²) >= 11 is 1.41. The van der Waals surface area contributed by atoms with Gasteiger partial charge in [0.25, 0.3) is 5.91 Å². The van der Waals surface area contributed by atoms with Crippen LogP contribution in [-0.2, 0) is 11.2 Å². The summed E-state index contributed by atoms with van der Waals surface area (Å²) in [5.74, 6) is -1.06. The van der Waals surface area contributed by atoms with Crippen LogP contribution in [0.2, 0.25) is 0 Å². The van der Waals surface area contributed by atoms with Crippen LogP contribution in [0.3, 0.4) is 0 Å². The Kier molecular flexibility index (Phi) is 5.34. The van der Waals surface area contributed by atoms with E-state index in [-0.39, 0.29) is 11.8 Å². The minimum Gasteiger partial charge on any atom is -0.480 e. The number of thiophene rings is 1. The minimum absolute atomic E-state index is 0.223. The minimum atomic E-state index is -0.982. The smallest absolute Gasteiger partial charge is 0.326 e. The first-order valence-electron chi connectivity index (χ1n) is 6.06. The number of nitrogens with one attached hydrogen (secondary N) is 1. The average Bonchev–Trinajstić information content (AvgIpc) is 2.75. The summed E-state index contributed by atoms with van der Waals surface area (Å²) in [5, 5.41) is 11.6. The van der Waals surface area contributed by atoms with Gasteiger partial charge < -0.3 is 10.4 Å². The predicted molar refractivity (Wildman–Crippen MR) is 72.0 cm³/mol. The summed E-state index contributed by atoms with van der Waals surface area (Å²) in [4.78, 5) is 24.7. The Morgan fingerprint density at radius 2 is 2.06 bits per heavy atom. The fraction of sp³-hybridized carbons (Fsp3) is 0.538. The summed E-state index contributed by atoms with van der Waals surface area (Å²) in [5.41, 5.74) is 0. The van der Waals surface area contributed by atoms with Crippen molar-refractivity contribution in [2.24, 2.45) is 5.92 Å². The molecular weight excluding hydrogens is 250 g/mol. The third-order valence-electron chi connectivity index (χ3n) is 2.54. The Morgan fingerprint density at radius 3 is 2.50 bits per heavy atom. The van der Waals surface area contributed by atoms with Gasteiger partial charge in [0.15, 0.2) is 0 Å². The van der Waals surface area contributed by atoms with Gasteiger partial charge in [0.1, 0.15) is 6.04 Å². The maximum Gasteiger partial charge on any atom is 0.326 e. The highest BCUT2D eigenvalue weighted by molar-refractivity contribution is 7.14. The summed E-state index contributed by atoms with van der Waals surface area (Å²) in [6, 6.07) is 2.83. The number of aryl methyl sites for hydroxylation is 1. The Hall–Kier alpha value is -1.36. The maximum absolute atomic E-state index is 11.9. The monoisotopic (exact) mass is 269 g/mol. The second kappa shape index (κ2) is 6.54. The third-order valence-corrected chi connectivity index (χ3v) is 3.77. The van der Waals surface area contributed by atoms with E-state index in [0.29, 0.717) is 11.3 Å². The zero-order valence-electron chi connectivity index (χ0n) is 10.9. The number of carboxylic acids is 1. The molecule has 0 aliphatic heterocycles. The molecule has 0 bridgehead atoms. The Morgan fingerprint density at radius 1 is 1.39 bits per heavy atom. The van der Waals surface area contributed by atoms with Crippen LogP contribution < -0.4 is 5.32 Å². The van der Waals surface area contributed by atoms with Gasteiger partial charge in [-0.05, 0) is 30.9 Å². The number of hydrogen-bond acceptors (Lipinski definition) is 3. The van der Waals surface area contributed by atoms with Crippen molar-refractivity contribution in [1.29, 1.82) is 0 Å². The summed E-state index contributed by atoms with van der Waals surface area (Å²) < 4.78 is 0. The van der Waals surface area contributed by atoms with Crippen LogP contribution in [0.15, 0.2) is 12.1 Å².